The number of fused-ring (bicyclic) bond motifs is 1. The van der Waals surface area contributed by atoms with Gasteiger partial charge in [-0.2, -0.15) is 0 Å². The normalized spacial score (nSPS) is 10.7. The average Bonchev–Trinajstić information content (AvgIpc) is 2.48. The van der Waals surface area contributed by atoms with Crippen LogP contribution in [0.25, 0.3) is 10.9 Å². The van der Waals surface area contributed by atoms with Crippen molar-refractivity contribution < 1.29 is 4.39 Å². The van der Waals surface area contributed by atoms with Crippen LogP contribution in [0.3, 0.4) is 0 Å². The standard InChI is InChI=1S/C17H15FN2/c1-12-6-7-14(18)10-17(12)20-11-13-8-9-19-16-5-3-2-4-15(13)16/h2-10,20H,11H2,1H3. The molecular weight excluding hydrogens is 251 g/mol. The third-order valence-corrected chi connectivity index (χ3v) is 3.41. The van der Waals surface area contributed by atoms with Crippen molar-refractivity contribution in [3.63, 3.8) is 0 Å². The molecule has 0 aliphatic rings. The van der Waals surface area contributed by atoms with Crippen molar-refractivity contribution >= 4 is 16.6 Å². The van der Waals surface area contributed by atoms with Gasteiger partial charge in [0, 0.05) is 23.8 Å². The van der Waals surface area contributed by atoms with E-state index in [1.54, 1.807) is 12.3 Å². The summed E-state index contributed by atoms with van der Waals surface area (Å²) in [6.45, 7) is 2.61. The Morgan fingerprint density at radius 1 is 1.10 bits per heavy atom. The Hall–Kier alpha value is -2.42. The van der Waals surface area contributed by atoms with Crippen LogP contribution in [-0.2, 0) is 6.54 Å². The van der Waals surface area contributed by atoms with E-state index in [4.69, 9.17) is 0 Å². The number of benzene rings is 2. The van der Waals surface area contributed by atoms with Crippen molar-refractivity contribution in [2.45, 2.75) is 13.5 Å². The largest absolute Gasteiger partial charge is 0.381 e. The Morgan fingerprint density at radius 3 is 2.85 bits per heavy atom. The van der Waals surface area contributed by atoms with Gasteiger partial charge >= 0.3 is 0 Å². The van der Waals surface area contributed by atoms with Crippen molar-refractivity contribution in [1.82, 2.24) is 4.98 Å². The lowest BCUT2D eigenvalue weighted by atomic mass is 10.1. The quantitative estimate of drug-likeness (QED) is 0.764. The van der Waals surface area contributed by atoms with Crippen molar-refractivity contribution in [3.05, 3.63) is 71.7 Å². The highest BCUT2D eigenvalue weighted by Crippen LogP contribution is 2.20. The number of nitrogens with one attached hydrogen (secondary N) is 1. The van der Waals surface area contributed by atoms with Gasteiger partial charge in [-0.25, -0.2) is 4.39 Å². The summed E-state index contributed by atoms with van der Waals surface area (Å²) < 4.78 is 13.3. The molecule has 3 heteroatoms. The molecule has 3 aromatic rings. The lowest BCUT2D eigenvalue weighted by Gasteiger charge is -2.11. The summed E-state index contributed by atoms with van der Waals surface area (Å²) in [5.74, 6) is -0.224. The maximum atomic E-state index is 13.3. The summed E-state index contributed by atoms with van der Waals surface area (Å²) in [7, 11) is 0. The third-order valence-electron chi connectivity index (χ3n) is 3.41. The minimum atomic E-state index is -0.224. The van der Waals surface area contributed by atoms with Crippen molar-refractivity contribution in [1.29, 1.82) is 0 Å². The minimum absolute atomic E-state index is 0.224. The molecule has 3 rings (SSSR count). The molecule has 2 aromatic carbocycles. The van der Waals surface area contributed by atoms with Crippen LogP contribution in [0.2, 0.25) is 0 Å². The Morgan fingerprint density at radius 2 is 1.95 bits per heavy atom. The predicted molar refractivity (Wildman–Crippen MR) is 80.2 cm³/mol. The van der Waals surface area contributed by atoms with E-state index in [1.165, 1.54) is 12.1 Å². The van der Waals surface area contributed by atoms with Crippen LogP contribution in [-0.4, -0.2) is 4.98 Å². The number of rotatable bonds is 3. The molecular formula is C17H15FN2. The first-order valence-corrected chi connectivity index (χ1v) is 6.57. The number of pyridine rings is 1. The maximum absolute atomic E-state index is 13.3. The molecule has 0 radical (unpaired) electrons. The van der Waals surface area contributed by atoms with Crippen molar-refractivity contribution in [2.24, 2.45) is 0 Å². The lowest BCUT2D eigenvalue weighted by molar-refractivity contribution is 0.628. The van der Waals surface area contributed by atoms with E-state index in [0.717, 1.165) is 27.7 Å². The predicted octanol–water partition coefficient (Wildman–Crippen LogP) is 4.29. The minimum Gasteiger partial charge on any atom is -0.381 e. The van der Waals surface area contributed by atoms with Crippen LogP contribution in [0, 0.1) is 12.7 Å². The molecule has 0 aliphatic carbocycles. The molecule has 0 amide bonds. The van der Waals surface area contributed by atoms with E-state index in [1.807, 2.05) is 31.2 Å². The third kappa shape index (κ3) is 2.48. The van der Waals surface area contributed by atoms with E-state index in [0.29, 0.717) is 6.54 Å². The first kappa shape index (κ1) is 12.6. The van der Waals surface area contributed by atoms with E-state index in [9.17, 15) is 4.39 Å². The second kappa shape index (κ2) is 5.29. The first-order chi connectivity index (χ1) is 9.74. The Balaban J connectivity index is 1.89. The van der Waals surface area contributed by atoms with Crippen molar-refractivity contribution in [3.8, 4) is 0 Å². The van der Waals surface area contributed by atoms with Gasteiger partial charge in [0.25, 0.3) is 0 Å². The smallest absolute Gasteiger partial charge is 0.125 e. The number of anilines is 1. The molecule has 0 saturated carbocycles. The van der Waals surface area contributed by atoms with E-state index >= 15 is 0 Å². The summed E-state index contributed by atoms with van der Waals surface area (Å²) in [6, 6.07) is 14.8. The van der Waals surface area contributed by atoms with Crippen LogP contribution in [0.15, 0.2) is 54.7 Å². The molecule has 0 unspecified atom stereocenters. The second-order valence-electron chi connectivity index (χ2n) is 4.80. The molecule has 2 nitrogen and oxygen atoms in total. The van der Waals surface area contributed by atoms with Crippen LogP contribution in [0.4, 0.5) is 10.1 Å². The fourth-order valence-corrected chi connectivity index (χ4v) is 2.28. The summed E-state index contributed by atoms with van der Waals surface area (Å²) in [5, 5.41) is 4.42. The first-order valence-electron chi connectivity index (χ1n) is 6.57. The highest BCUT2D eigenvalue weighted by molar-refractivity contribution is 5.82. The molecule has 1 N–H and O–H groups in total. The van der Waals surface area contributed by atoms with Crippen LogP contribution in [0.5, 0.6) is 0 Å². The number of para-hydroxylation sites is 1. The van der Waals surface area contributed by atoms with Crippen molar-refractivity contribution in [2.75, 3.05) is 5.32 Å². The summed E-state index contributed by atoms with van der Waals surface area (Å²) >= 11 is 0. The SMILES string of the molecule is Cc1ccc(F)cc1NCc1ccnc2ccccc12. The van der Waals surface area contributed by atoms with Gasteiger partial charge in [-0.3, -0.25) is 4.98 Å². The number of halogens is 1. The Bertz CT molecular complexity index is 748. The van der Waals surface area contributed by atoms with Gasteiger partial charge in [-0.05, 0) is 42.3 Å². The molecule has 1 heterocycles. The van der Waals surface area contributed by atoms with Gasteiger partial charge in [0.1, 0.15) is 5.82 Å². The van der Waals surface area contributed by atoms with E-state index < -0.39 is 0 Å². The molecule has 1 aromatic heterocycles. The van der Waals surface area contributed by atoms with Crippen LogP contribution >= 0.6 is 0 Å². The van der Waals surface area contributed by atoms with Gasteiger partial charge < -0.3 is 5.32 Å². The fraction of sp³-hybridized carbons (Fsp3) is 0.118. The highest BCUT2D eigenvalue weighted by Gasteiger charge is 2.03. The second-order valence-corrected chi connectivity index (χ2v) is 4.80. The Labute approximate surface area is 117 Å². The highest BCUT2D eigenvalue weighted by atomic mass is 19.1. The monoisotopic (exact) mass is 266 g/mol. The molecule has 100 valence electrons. The topological polar surface area (TPSA) is 24.9 Å². The van der Waals surface area contributed by atoms with Gasteiger partial charge in [-0.1, -0.05) is 24.3 Å². The zero-order valence-corrected chi connectivity index (χ0v) is 11.2. The number of nitrogens with zero attached hydrogens (tertiary/aromatic N) is 1. The fourth-order valence-electron chi connectivity index (χ4n) is 2.28. The number of aryl methyl sites for hydroxylation is 1. The van der Waals surface area contributed by atoms with Gasteiger partial charge in [0.2, 0.25) is 0 Å². The van der Waals surface area contributed by atoms with Gasteiger partial charge in [-0.15, -0.1) is 0 Å². The molecule has 0 bridgehead atoms. The summed E-state index contributed by atoms with van der Waals surface area (Å²) in [4.78, 5) is 4.34. The molecule has 0 spiro atoms. The zero-order chi connectivity index (χ0) is 13.9. The number of aromatic nitrogens is 1. The van der Waals surface area contributed by atoms with Gasteiger partial charge in [0.15, 0.2) is 0 Å². The van der Waals surface area contributed by atoms with Crippen LogP contribution < -0.4 is 5.32 Å². The van der Waals surface area contributed by atoms with Crippen LogP contribution in [0.1, 0.15) is 11.1 Å². The molecule has 20 heavy (non-hydrogen) atoms. The Kier molecular flexibility index (Phi) is 3.33. The average molecular weight is 266 g/mol. The number of hydrogen-bond acceptors (Lipinski definition) is 2. The molecule has 0 aliphatic heterocycles. The van der Waals surface area contributed by atoms with E-state index in [-0.39, 0.29) is 5.82 Å². The molecule has 0 saturated heterocycles. The molecule has 0 fully saturated rings. The summed E-state index contributed by atoms with van der Waals surface area (Å²) in [5.41, 5.74) is 3.98. The number of hydrogen-bond donors (Lipinski definition) is 1. The lowest BCUT2D eigenvalue weighted by Crippen LogP contribution is -2.02. The van der Waals surface area contributed by atoms with Gasteiger partial charge in [0.05, 0.1) is 5.52 Å². The van der Waals surface area contributed by atoms with E-state index in [2.05, 4.69) is 16.4 Å². The zero-order valence-electron chi connectivity index (χ0n) is 11.2. The summed E-state index contributed by atoms with van der Waals surface area (Å²) in [6.07, 6.45) is 1.80. The maximum Gasteiger partial charge on any atom is 0.125 e. The molecule has 0 atom stereocenters.